The van der Waals surface area contributed by atoms with Crippen LogP contribution < -0.4 is 10.1 Å². The zero-order valence-electron chi connectivity index (χ0n) is 13.2. The lowest BCUT2D eigenvalue weighted by atomic mass is 10.2. The highest BCUT2D eigenvalue weighted by molar-refractivity contribution is 7.84. The topological polar surface area (TPSA) is 55.4 Å². The number of amides is 1. The first-order chi connectivity index (χ1) is 11.2. The van der Waals surface area contributed by atoms with Gasteiger partial charge in [0, 0.05) is 34.2 Å². The van der Waals surface area contributed by atoms with E-state index < -0.39 is 10.8 Å². The fourth-order valence-electron chi connectivity index (χ4n) is 2.12. The second kappa shape index (κ2) is 9.10. The third kappa shape index (κ3) is 5.87. The van der Waals surface area contributed by atoms with Crippen molar-refractivity contribution in [1.82, 2.24) is 0 Å². The normalized spacial score (nSPS) is 11.7. The molecule has 0 aliphatic heterocycles. The van der Waals surface area contributed by atoms with Gasteiger partial charge in [0.2, 0.25) is 5.91 Å². The number of para-hydroxylation sites is 2. The number of anilines is 1. The zero-order valence-corrected chi connectivity index (χ0v) is 14.0. The Labute approximate surface area is 139 Å². The Morgan fingerprint density at radius 3 is 2.52 bits per heavy atom. The summed E-state index contributed by atoms with van der Waals surface area (Å²) in [5.41, 5.74) is 1.67. The largest absolute Gasteiger partial charge is 0.494 e. The Morgan fingerprint density at radius 2 is 1.78 bits per heavy atom. The van der Waals surface area contributed by atoms with Crippen LogP contribution in [0.2, 0.25) is 0 Å². The second-order valence-electron chi connectivity index (χ2n) is 4.99. The number of benzene rings is 2. The average molecular weight is 331 g/mol. The van der Waals surface area contributed by atoms with Crippen LogP contribution in [0.3, 0.4) is 0 Å². The molecule has 0 bridgehead atoms. The van der Waals surface area contributed by atoms with Gasteiger partial charge in [0.15, 0.2) is 0 Å². The molecule has 0 heterocycles. The Balaban J connectivity index is 1.82. The molecule has 1 unspecified atom stereocenters. The van der Waals surface area contributed by atoms with Gasteiger partial charge in [-0.15, -0.1) is 0 Å². The Hall–Kier alpha value is -2.14. The summed E-state index contributed by atoms with van der Waals surface area (Å²) in [5, 5.41) is 2.79. The number of carbonyl (C=O) groups excluding carboxylic acids is 1. The molecule has 1 amide bonds. The molecular weight excluding hydrogens is 310 g/mol. The van der Waals surface area contributed by atoms with Crippen molar-refractivity contribution >= 4 is 22.4 Å². The van der Waals surface area contributed by atoms with Crippen LogP contribution in [0.5, 0.6) is 5.75 Å². The number of hydrogen-bond donors (Lipinski definition) is 1. The molecule has 5 heteroatoms. The lowest BCUT2D eigenvalue weighted by molar-refractivity contribution is -0.115. The minimum absolute atomic E-state index is 0.123. The molecule has 2 rings (SSSR count). The van der Waals surface area contributed by atoms with Crippen molar-refractivity contribution < 1.29 is 13.7 Å². The van der Waals surface area contributed by atoms with Crippen LogP contribution in [-0.2, 0) is 21.3 Å². The van der Waals surface area contributed by atoms with Crippen molar-refractivity contribution in [3.05, 3.63) is 60.2 Å². The molecule has 1 N–H and O–H groups in total. The maximum absolute atomic E-state index is 12.2. The van der Waals surface area contributed by atoms with E-state index in [0.29, 0.717) is 18.1 Å². The summed E-state index contributed by atoms with van der Waals surface area (Å²) >= 11 is 0. The predicted molar refractivity (Wildman–Crippen MR) is 94.0 cm³/mol. The zero-order chi connectivity index (χ0) is 16.5. The molecular formula is C18H21NO3S. The molecule has 23 heavy (non-hydrogen) atoms. The molecule has 122 valence electrons. The summed E-state index contributed by atoms with van der Waals surface area (Å²) in [5.74, 6) is 1.37. The second-order valence-corrected chi connectivity index (χ2v) is 6.57. The van der Waals surface area contributed by atoms with E-state index in [4.69, 9.17) is 4.74 Å². The number of carbonyl (C=O) groups is 1. The van der Waals surface area contributed by atoms with Crippen molar-refractivity contribution in [1.29, 1.82) is 0 Å². The van der Waals surface area contributed by atoms with Crippen LogP contribution >= 0.6 is 0 Å². The molecule has 2 aromatic carbocycles. The fraction of sp³-hybridized carbons (Fsp3) is 0.278. The number of rotatable bonds is 8. The van der Waals surface area contributed by atoms with E-state index in [1.165, 1.54) is 0 Å². The molecule has 0 aliphatic rings. The van der Waals surface area contributed by atoms with Gasteiger partial charge in [-0.2, -0.15) is 0 Å². The van der Waals surface area contributed by atoms with Crippen molar-refractivity contribution in [3.8, 4) is 5.75 Å². The van der Waals surface area contributed by atoms with Crippen LogP contribution in [-0.4, -0.2) is 22.5 Å². The van der Waals surface area contributed by atoms with Gasteiger partial charge in [-0.25, -0.2) is 0 Å². The van der Waals surface area contributed by atoms with Gasteiger partial charge < -0.3 is 10.1 Å². The summed E-state index contributed by atoms with van der Waals surface area (Å²) in [7, 11) is -1.10. The van der Waals surface area contributed by atoms with E-state index >= 15 is 0 Å². The summed E-state index contributed by atoms with van der Waals surface area (Å²) in [6, 6.07) is 16.8. The van der Waals surface area contributed by atoms with Gasteiger partial charge in [0.25, 0.3) is 0 Å². The number of ether oxygens (including phenoxy) is 1. The Kier molecular flexibility index (Phi) is 6.81. The van der Waals surface area contributed by atoms with Gasteiger partial charge in [-0.05, 0) is 25.1 Å². The molecule has 0 spiro atoms. The Morgan fingerprint density at radius 1 is 1.09 bits per heavy atom. The molecule has 0 saturated carbocycles. The quantitative estimate of drug-likeness (QED) is 0.807. The van der Waals surface area contributed by atoms with Crippen LogP contribution in [0.15, 0.2) is 54.6 Å². The average Bonchev–Trinajstić information content (AvgIpc) is 2.56. The molecule has 0 aliphatic carbocycles. The molecule has 4 nitrogen and oxygen atoms in total. The highest BCUT2D eigenvalue weighted by Gasteiger charge is 2.10. The van der Waals surface area contributed by atoms with E-state index in [-0.39, 0.29) is 12.3 Å². The summed E-state index contributed by atoms with van der Waals surface area (Å²) in [6.07, 6.45) is 0.234. The first kappa shape index (κ1) is 17.2. The minimum atomic E-state index is -1.10. The van der Waals surface area contributed by atoms with E-state index in [2.05, 4.69) is 5.32 Å². The van der Waals surface area contributed by atoms with Crippen LogP contribution in [0.1, 0.15) is 18.9 Å². The van der Waals surface area contributed by atoms with E-state index in [1.807, 2.05) is 61.5 Å². The number of hydrogen-bond acceptors (Lipinski definition) is 3. The molecule has 0 radical (unpaired) electrons. The third-order valence-corrected chi connectivity index (χ3v) is 4.50. The lowest BCUT2D eigenvalue weighted by Crippen LogP contribution is -2.15. The predicted octanol–water partition coefficient (Wildman–Crippen LogP) is 3.36. The fourth-order valence-corrected chi connectivity index (χ4v) is 3.26. The lowest BCUT2D eigenvalue weighted by Gasteiger charge is -2.10. The molecule has 0 saturated heterocycles. The SMILES string of the molecule is CCOc1ccccc1CS(=O)CCC(=O)Nc1ccccc1. The molecule has 1 atom stereocenters. The Bertz CT molecular complexity index is 658. The van der Waals surface area contributed by atoms with Gasteiger partial charge in [0.1, 0.15) is 5.75 Å². The van der Waals surface area contributed by atoms with E-state index in [9.17, 15) is 9.00 Å². The van der Waals surface area contributed by atoms with Crippen LogP contribution in [0, 0.1) is 0 Å². The van der Waals surface area contributed by atoms with Gasteiger partial charge >= 0.3 is 0 Å². The van der Waals surface area contributed by atoms with E-state index in [1.54, 1.807) is 0 Å². The third-order valence-electron chi connectivity index (χ3n) is 3.20. The molecule has 0 fully saturated rings. The van der Waals surface area contributed by atoms with E-state index in [0.717, 1.165) is 17.0 Å². The minimum Gasteiger partial charge on any atom is -0.494 e. The smallest absolute Gasteiger partial charge is 0.225 e. The van der Waals surface area contributed by atoms with Crippen molar-refractivity contribution in [2.24, 2.45) is 0 Å². The maximum atomic E-state index is 12.2. The van der Waals surface area contributed by atoms with Crippen molar-refractivity contribution in [2.75, 3.05) is 17.7 Å². The maximum Gasteiger partial charge on any atom is 0.225 e. The van der Waals surface area contributed by atoms with Crippen molar-refractivity contribution in [2.45, 2.75) is 19.1 Å². The first-order valence-electron chi connectivity index (χ1n) is 7.59. The van der Waals surface area contributed by atoms with Crippen LogP contribution in [0.4, 0.5) is 5.69 Å². The van der Waals surface area contributed by atoms with Gasteiger partial charge in [-0.1, -0.05) is 36.4 Å². The van der Waals surface area contributed by atoms with Crippen molar-refractivity contribution in [3.63, 3.8) is 0 Å². The summed E-state index contributed by atoms with van der Waals surface area (Å²) in [4.78, 5) is 11.9. The summed E-state index contributed by atoms with van der Waals surface area (Å²) < 4.78 is 17.7. The first-order valence-corrected chi connectivity index (χ1v) is 9.08. The molecule has 2 aromatic rings. The monoisotopic (exact) mass is 331 g/mol. The number of nitrogens with one attached hydrogen (secondary N) is 1. The highest BCUT2D eigenvalue weighted by Crippen LogP contribution is 2.19. The highest BCUT2D eigenvalue weighted by atomic mass is 32.2. The molecule has 0 aromatic heterocycles. The standard InChI is InChI=1S/C18H21NO3S/c1-2-22-17-11-7-6-8-15(17)14-23(21)13-12-18(20)19-16-9-4-3-5-10-16/h3-11H,2,12-14H2,1H3,(H,19,20). The summed E-state index contributed by atoms with van der Waals surface area (Å²) in [6.45, 7) is 2.49. The van der Waals surface area contributed by atoms with Crippen LogP contribution in [0.25, 0.3) is 0 Å². The van der Waals surface area contributed by atoms with Gasteiger partial charge in [0.05, 0.1) is 12.4 Å². The van der Waals surface area contributed by atoms with Gasteiger partial charge in [-0.3, -0.25) is 9.00 Å².